The van der Waals surface area contributed by atoms with Crippen LogP contribution in [0.25, 0.3) is 0 Å². The normalized spacial score (nSPS) is 31.2. The minimum absolute atomic E-state index is 0.0725. The van der Waals surface area contributed by atoms with Gasteiger partial charge in [0.1, 0.15) is 11.9 Å². The molecule has 1 aromatic rings. The number of carbonyl (C=O) groups excluding carboxylic acids is 2. The van der Waals surface area contributed by atoms with Gasteiger partial charge in [-0.25, -0.2) is 19.2 Å². The Morgan fingerprint density at radius 2 is 1.79 bits per heavy atom. The molecule has 5 saturated heterocycles. The molecule has 13 heteroatoms. The molecule has 0 aliphatic carbocycles. The lowest BCUT2D eigenvalue weighted by atomic mass is 9.92. The lowest BCUT2D eigenvalue weighted by molar-refractivity contribution is -0.144. The Balaban J connectivity index is 1.06. The Hall–Kier alpha value is -2.45. The lowest BCUT2D eigenvalue weighted by Gasteiger charge is -2.48. The monoisotopic (exact) mass is 547 g/mol. The average Bonchev–Trinajstić information content (AvgIpc) is 3.23. The molecule has 11 nitrogen and oxygen atoms in total. The average molecular weight is 548 g/mol. The van der Waals surface area contributed by atoms with Gasteiger partial charge in [-0.05, 0) is 38.8 Å². The number of hydrogen-bond acceptors (Lipinski definition) is 9. The van der Waals surface area contributed by atoms with Gasteiger partial charge in [-0.15, -0.1) is 0 Å². The smallest absolute Gasteiger partial charge is 0.233 e. The van der Waals surface area contributed by atoms with E-state index >= 15 is 4.39 Å². The van der Waals surface area contributed by atoms with Crippen LogP contribution in [0.15, 0.2) is 12.4 Å². The van der Waals surface area contributed by atoms with Crippen molar-refractivity contribution < 1.29 is 18.4 Å². The molecule has 6 rings (SSSR count). The first-order chi connectivity index (χ1) is 18.9. The third kappa shape index (κ3) is 5.34. The van der Waals surface area contributed by atoms with Crippen LogP contribution in [-0.4, -0.2) is 109 Å². The van der Waals surface area contributed by atoms with Crippen LogP contribution in [0.1, 0.15) is 32.1 Å². The van der Waals surface area contributed by atoms with Gasteiger partial charge in [0.15, 0.2) is 5.82 Å². The Bertz CT molecular complexity index is 1060. The first-order valence-electron chi connectivity index (χ1n) is 14.3. The van der Waals surface area contributed by atoms with Crippen molar-refractivity contribution >= 4 is 23.2 Å². The highest BCUT2D eigenvalue weighted by Gasteiger charge is 2.47. The standard InChI is InChI=1S/C26H39F2N9O2/c27-17-10-31-24-21(23(29)33-37(24)13-17)25(38)32-20-12-30-11-19(28)22(20)35-8-4-16(5-9-35)26(39)36-14-18(15-36)34-6-2-1-3-7-34/h11-12,16-18,21,23-24,31,33H,1-10,13-15,29H2,(H,32,38). The second-order valence-electron chi connectivity index (χ2n) is 11.5. The van der Waals surface area contributed by atoms with E-state index in [0.717, 1.165) is 32.4 Å². The highest BCUT2D eigenvalue weighted by atomic mass is 19.1. The minimum Gasteiger partial charge on any atom is -0.367 e. The van der Waals surface area contributed by atoms with E-state index in [0.29, 0.717) is 32.0 Å². The van der Waals surface area contributed by atoms with E-state index in [4.69, 9.17) is 5.73 Å². The number of carbonyl (C=O) groups is 2. The molecule has 39 heavy (non-hydrogen) atoms. The fourth-order valence-electron chi connectivity index (χ4n) is 6.79. The fraction of sp³-hybridized carbons (Fsp3) is 0.731. The summed E-state index contributed by atoms with van der Waals surface area (Å²) in [6.07, 6.45) is 5.38. The van der Waals surface area contributed by atoms with Crippen LogP contribution < -0.4 is 26.7 Å². The zero-order valence-corrected chi connectivity index (χ0v) is 22.2. The van der Waals surface area contributed by atoms with E-state index < -0.39 is 36.1 Å². The van der Waals surface area contributed by atoms with Crippen molar-refractivity contribution in [3.63, 3.8) is 0 Å². The summed E-state index contributed by atoms with van der Waals surface area (Å²) < 4.78 is 28.9. The number of hydrogen-bond donors (Lipinski definition) is 4. The third-order valence-corrected chi connectivity index (χ3v) is 9.00. The Labute approximate surface area is 227 Å². The summed E-state index contributed by atoms with van der Waals surface area (Å²) in [7, 11) is 0. The fourth-order valence-corrected chi connectivity index (χ4v) is 6.79. The summed E-state index contributed by atoms with van der Waals surface area (Å²) in [4.78, 5) is 36.8. The number of anilines is 2. The van der Waals surface area contributed by atoms with Crippen molar-refractivity contribution in [1.82, 2.24) is 30.5 Å². The summed E-state index contributed by atoms with van der Waals surface area (Å²) in [6.45, 7) is 5.17. The Morgan fingerprint density at radius 3 is 2.54 bits per heavy atom. The predicted molar refractivity (Wildman–Crippen MR) is 142 cm³/mol. The maximum absolute atomic E-state index is 15.1. The van der Waals surface area contributed by atoms with Crippen LogP contribution in [0.4, 0.5) is 20.2 Å². The number of nitrogens with one attached hydrogen (secondary N) is 3. The van der Waals surface area contributed by atoms with Crippen molar-refractivity contribution in [1.29, 1.82) is 0 Å². The Morgan fingerprint density at radius 1 is 1.05 bits per heavy atom. The molecule has 0 radical (unpaired) electrons. The number of nitrogens with zero attached hydrogens (tertiary/aromatic N) is 5. The molecule has 5 aliphatic heterocycles. The van der Waals surface area contributed by atoms with Crippen molar-refractivity contribution in [2.24, 2.45) is 17.6 Å². The van der Waals surface area contributed by atoms with Gasteiger partial charge >= 0.3 is 0 Å². The summed E-state index contributed by atoms with van der Waals surface area (Å²) in [5.74, 6) is -1.50. The number of likely N-dealkylation sites (tertiary alicyclic amines) is 2. The third-order valence-electron chi connectivity index (χ3n) is 9.00. The quantitative estimate of drug-likeness (QED) is 0.406. The number of alkyl halides is 1. The molecule has 0 bridgehead atoms. The van der Waals surface area contributed by atoms with Crippen molar-refractivity contribution in [3.8, 4) is 0 Å². The zero-order chi connectivity index (χ0) is 27.1. The Kier molecular flexibility index (Phi) is 7.68. The molecule has 5 N–H and O–H groups in total. The van der Waals surface area contributed by atoms with Crippen LogP contribution in [-0.2, 0) is 9.59 Å². The van der Waals surface area contributed by atoms with Crippen LogP contribution >= 0.6 is 0 Å². The topological polar surface area (TPSA) is 122 Å². The molecule has 0 aromatic carbocycles. The molecule has 2 amide bonds. The van der Waals surface area contributed by atoms with Crippen molar-refractivity contribution in [3.05, 3.63) is 18.2 Å². The van der Waals surface area contributed by atoms with Gasteiger partial charge in [0, 0.05) is 51.2 Å². The molecule has 5 aliphatic rings. The van der Waals surface area contributed by atoms with Gasteiger partial charge in [0.2, 0.25) is 11.8 Å². The number of pyridine rings is 1. The number of rotatable bonds is 5. The summed E-state index contributed by atoms with van der Waals surface area (Å²) in [5.41, 5.74) is 9.67. The number of nitrogens with two attached hydrogens (primary N) is 1. The van der Waals surface area contributed by atoms with Crippen LogP contribution in [0.3, 0.4) is 0 Å². The van der Waals surface area contributed by atoms with Crippen LogP contribution in [0.5, 0.6) is 0 Å². The molecule has 1 aromatic heterocycles. The van der Waals surface area contributed by atoms with E-state index in [9.17, 15) is 14.0 Å². The molecule has 0 spiro atoms. The first kappa shape index (κ1) is 26.8. The number of aromatic nitrogens is 1. The highest BCUT2D eigenvalue weighted by Crippen LogP contribution is 2.34. The summed E-state index contributed by atoms with van der Waals surface area (Å²) in [5, 5.41) is 7.47. The number of amides is 2. The van der Waals surface area contributed by atoms with E-state index in [1.165, 1.54) is 25.5 Å². The van der Waals surface area contributed by atoms with E-state index in [-0.39, 0.29) is 36.3 Å². The van der Waals surface area contributed by atoms with Crippen molar-refractivity contribution in [2.75, 3.05) is 62.6 Å². The van der Waals surface area contributed by atoms with Gasteiger partial charge in [0.05, 0.1) is 36.3 Å². The van der Waals surface area contributed by atoms with E-state index in [1.54, 1.807) is 5.01 Å². The molecule has 6 heterocycles. The summed E-state index contributed by atoms with van der Waals surface area (Å²) in [6, 6.07) is 0.490. The van der Waals surface area contributed by atoms with Gasteiger partial charge in [-0.2, -0.15) is 0 Å². The van der Waals surface area contributed by atoms with Crippen LogP contribution in [0.2, 0.25) is 0 Å². The maximum atomic E-state index is 15.1. The molecule has 4 atom stereocenters. The number of halogens is 2. The van der Waals surface area contributed by atoms with Gasteiger partial charge in [-0.3, -0.25) is 24.8 Å². The number of fused-ring (bicyclic) bond motifs is 1. The summed E-state index contributed by atoms with van der Waals surface area (Å²) >= 11 is 0. The molecule has 0 saturated carbocycles. The maximum Gasteiger partial charge on any atom is 0.233 e. The first-order valence-corrected chi connectivity index (χ1v) is 14.3. The van der Waals surface area contributed by atoms with Gasteiger partial charge < -0.3 is 20.9 Å². The number of hydrazine groups is 1. The second kappa shape index (κ2) is 11.2. The molecule has 214 valence electrons. The van der Waals surface area contributed by atoms with Crippen LogP contribution in [0, 0.1) is 17.7 Å². The molecule has 5 fully saturated rings. The SMILES string of the molecule is NC1NN2CC(F)CNC2C1C(=O)Nc1cncc(F)c1N1CCC(C(=O)N2CC(N3CCCCC3)C2)CC1. The predicted octanol–water partition coefficient (Wildman–Crippen LogP) is 0.0609. The molecular formula is C26H39F2N9O2. The largest absolute Gasteiger partial charge is 0.367 e. The minimum atomic E-state index is -1.06. The van der Waals surface area contributed by atoms with Crippen molar-refractivity contribution in [2.45, 2.75) is 56.6 Å². The van der Waals surface area contributed by atoms with Gasteiger partial charge in [0.25, 0.3) is 0 Å². The lowest BCUT2D eigenvalue weighted by Crippen LogP contribution is -2.63. The van der Waals surface area contributed by atoms with Gasteiger partial charge in [-0.1, -0.05) is 6.42 Å². The second-order valence-corrected chi connectivity index (χ2v) is 11.5. The molecule has 4 unspecified atom stereocenters. The molecular weight excluding hydrogens is 508 g/mol. The van der Waals surface area contributed by atoms with E-state index in [1.807, 2.05) is 9.80 Å². The number of piperidine rings is 2. The highest BCUT2D eigenvalue weighted by molar-refractivity contribution is 5.96. The van der Waals surface area contributed by atoms with E-state index in [2.05, 4.69) is 25.9 Å². The zero-order valence-electron chi connectivity index (χ0n) is 22.2.